The van der Waals surface area contributed by atoms with Crippen LogP contribution in [0.5, 0.6) is 0 Å². The molecule has 0 saturated heterocycles. The summed E-state index contributed by atoms with van der Waals surface area (Å²) in [5, 5.41) is 14.5. The maximum absolute atomic E-state index is 12.5. The van der Waals surface area contributed by atoms with Crippen LogP contribution in [-0.2, 0) is 6.42 Å². The highest BCUT2D eigenvalue weighted by atomic mass is 16.1. The Morgan fingerprint density at radius 3 is 2.68 bits per heavy atom. The molecule has 0 bridgehead atoms. The third kappa shape index (κ3) is 4.29. The minimum atomic E-state index is -0.0897. The number of hydrogen-bond donors (Lipinski definition) is 1. The molecule has 0 unspecified atom stereocenters. The van der Waals surface area contributed by atoms with Crippen LogP contribution < -0.4 is 5.32 Å². The largest absolute Gasteiger partial charge is 0.350 e. The summed E-state index contributed by atoms with van der Waals surface area (Å²) in [6.45, 7) is 3.84. The molecule has 3 rings (SSSR count). The molecule has 0 radical (unpaired) electrons. The predicted molar refractivity (Wildman–Crippen MR) is 95.6 cm³/mol. The fourth-order valence-corrected chi connectivity index (χ4v) is 2.66. The van der Waals surface area contributed by atoms with E-state index in [2.05, 4.69) is 33.0 Å². The molecule has 6 heteroatoms. The Balaban J connectivity index is 1.62. The molecule has 1 aromatic heterocycles. The van der Waals surface area contributed by atoms with Gasteiger partial charge >= 0.3 is 0 Å². The number of nitrogens with one attached hydrogen (secondary N) is 1. The maximum Gasteiger partial charge on any atom is 0.251 e. The smallest absolute Gasteiger partial charge is 0.251 e. The Labute approximate surface area is 146 Å². The van der Waals surface area contributed by atoms with E-state index in [1.54, 1.807) is 16.8 Å². The molecule has 2 aromatic carbocycles. The van der Waals surface area contributed by atoms with Crippen molar-refractivity contribution in [1.82, 2.24) is 25.5 Å². The molecule has 1 heterocycles. The van der Waals surface area contributed by atoms with Gasteiger partial charge in [-0.25, -0.2) is 0 Å². The number of tetrazole rings is 1. The van der Waals surface area contributed by atoms with Crippen molar-refractivity contribution in [2.24, 2.45) is 0 Å². The lowest BCUT2D eigenvalue weighted by atomic mass is 10.1. The fraction of sp³-hybridized carbons (Fsp3) is 0.263. The molecule has 0 aliphatic rings. The van der Waals surface area contributed by atoms with E-state index >= 15 is 0 Å². The van der Waals surface area contributed by atoms with E-state index < -0.39 is 0 Å². The standard InChI is InChI=1S/C19H21N5O/c1-14(11-12-16-7-4-3-5-8-16)20-19(25)17-9-6-10-18(13-17)24-15(2)21-22-23-24/h3-10,13-14H,11-12H2,1-2H3,(H,20,25)/t14-/m1/s1. The molecule has 6 nitrogen and oxygen atoms in total. The molecule has 0 aliphatic carbocycles. The van der Waals surface area contributed by atoms with Crippen molar-refractivity contribution in [3.05, 3.63) is 71.5 Å². The zero-order chi connectivity index (χ0) is 17.6. The lowest BCUT2D eigenvalue weighted by molar-refractivity contribution is 0.0938. The minimum Gasteiger partial charge on any atom is -0.350 e. The lowest BCUT2D eigenvalue weighted by Crippen LogP contribution is -2.32. The zero-order valence-corrected chi connectivity index (χ0v) is 14.4. The van der Waals surface area contributed by atoms with Crippen molar-refractivity contribution >= 4 is 5.91 Å². The second kappa shape index (κ2) is 7.70. The van der Waals surface area contributed by atoms with Gasteiger partial charge in [-0.1, -0.05) is 36.4 Å². The third-order valence-corrected chi connectivity index (χ3v) is 4.06. The summed E-state index contributed by atoms with van der Waals surface area (Å²) >= 11 is 0. The van der Waals surface area contributed by atoms with Crippen molar-refractivity contribution in [3.8, 4) is 5.69 Å². The van der Waals surface area contributed by atoms with Gasteiger partial charge < -0.3 is 5.32 Å². The van der Waals surface area contributed by atoms with E-state index in [-0.39, 0.29) is 11.9 Å². The molecule has 3 aromatic rings. The summed E-state index contributed by atoms with van der Waals surface area (Å²) in [5.74, 6) is 0.585. The quantitative estimate of drug-likeness (QED) is 0.752. The number of carbonyl (C=O) groups excluding carboxylic acids is 1. The van der Waals surface area contributed by atoms with Crippen LogP contribution in [0.1, 0.15) is 35.1 Å². The zero-order valence-electron chi connectivity index (χ0n) is 14.4. The molecule has 1 atom stereocenters. The highest BCUT2D eigenvalue weighted by Gasteiger charge is 2.12. The number of aryl methyl sites for hydroxylation is 2. The SMILES string of the molecule is Cc1nnnn1-c1cccc(C(=O)N[C@H](C)CCc2ccccc2)c1. The van der Waals surface area contributed by atoms with Gasteiger partial charge in [0.05, 0.1) is 5.69 Å². The van der Waals surface area contributed by atoms with E-state index in [9.17, 15) is 4.79 Å². The molecular weight excluding hydrogens is 314 g/mol. The molecule has 128 valence electrons. The monoisotopic (exact) mass is 335 g/mol. The lowest BCUT2D eigenvalue weighted by Gasteiger charge is -2.14. The number of rotatable bonds is 6. The number of carbonyl (C=O) groups is 1. The van der Waals surface area contributed by atoms with Crippen molar-refractivity contribution in [3.63, 3.8) is 0 Å². The Morgan fingerprint density at radius 2 is 1.96 bits per heavy atom. The number of benzene rings is 2. The van der Waals surface area contributed by atoms with Gasteiger partial charge in [0, 0.05) is 11.6 Å². The second-order valence-corrected chi connectivity index (χ2v) is 6.09. The molecule has 1 N–H and O–H groups in total. The van der Waals surface area contributed by atoms with Crippen LogP contribution in [0, 0.1) is 6.92 Å². The molecule has 0 fully saturated rings. The Kier molecular flexibility index (Phi) is 5.18. The van der Waals surface area contributed by atoms with Crippen LogP contribution in [-0.4, -0.2) is 32.2 Å². The number of nitrogens with zero attached hydrogens (tertiary/aromatic N) is 4. The van der Waals surface area contributed by atoms with Crippen LogP contribution >= 0.6 is 0 Å². The van der Waals surface area contributed by atoms with Crippen LogP contribution in [0.25, 0.3) is 5.69 Å². The number of amides is 1. The maximum atomic E-state index is 12.5. The van der Waals surface area contributed by atoms with Gasteiger partial charge in [0.2, 0.25) is 0 Å². The summed E-state index contributed by atoms with van der Waals surface area (Å²) in [6, 6.07) is 17.7. The van der Waals surface area contributed by atoms with E-state index in [0.29, 0.717) is 11.4 Å². The first-order chi connectivity index (χ1) is 12.1. The summed E-state index contributed by atoms with van der Waals surface area (Å²) in [6.07, 6.45) is 1.83. The number of hydrogen-bond acceptors (Lipinski definition) is 4. The summed E-state index contributed by atoms with van der Waals surface area (Å²) < 4.78 is 1.61. The Morgan fingerprint density at radius 1 is 1.16 bits per heavy atom. The van der Waals surface area contributed by atoms with Crippen molar-refractivity contribution < 1.29 is 4.79 Å². The van der Waals surface area contributed by atoms with Crippen LogP contribution in [0.4, 0.5) is 0 Å². The van der Waals surface area contributed by atoms with Gasteiger partial charge in [-0.15, -0.1) is 5.10 Å². The average molecular weight is 335 g/mol. The Hall–Kier alpha value is -3.02. The topological polar surface area (TPSA) is 72.7 Å². The highest BCUT2D eigenvalue weighted by molar-refractivity contribution is 5.94. The van der Waals surface area contributed by atoms with Crippen molar-refractivity contribution in [1.29, 1.82) is 0 Å². The summed E-state index contributed by atoms with van der Waals surface area (Å²) in [4.78, 5) is 12.5. The molecule has 1 amide bonds. The summed E-state index contributed by atoms with van der Waals surface area (Å²) in [7, 11) is 0. The predicted octanol–water partition coefficient (Wildman–Crippen LogP) is 2.72. The third-order valence-electron chi connectivity index (χ3n) is 4.06. The van der Waals surface area contributed by atoms with E-state index in [1.165, 1.54) is 5.56 Å². The van der Waals surface area contributed by atoms with Gasteiger partial charge in [-0.05, 0) is 60.9 Å². The number of aromatic nitrogens is 4. The molecule has 0 aliphatic heterocycles. The van der Waals surface area contributed by atoms with Crippen molar-refractivity contribution in [2.75, 3.05) is 0 Å². The first kappa shape index (κ1) is 16.8. The summed E-state index contributed by atoms with van der Waals surface area (Å²) in [5.41, 5.74) is 2.64. The van der Waals surface area contributed by atoms with Gasteiger partial charge in [-0.2, -0.15) is 4.68 Å². The average Bonchev–Trinajstić information content (AvgIpc) is 3.07. The van der Waals surface area contributed by atoms with E-state index in [1.807, 2.05) is 44.2 Å². The van der Waals surface area contributed by atoms with Crippen LogP contribution in [0.15, 0.2) is 54.6 Å². The molecule has 0 saturated carbocycles. The second-order valence-electron chi connectivity index (χ2n) is 6.09. The molecular formula is C19H21N5O. The van der Waals surface area contributed by atoms with Gasteiger partial charge in [0.1, 0.15) is 0 Å². The van der Waals surface area contributed by atoms with Crippen LogP contribution in [0.2, 0.25) is 0 Å². The van der Waals surface area contributed by atoms with Gasteiger partial charge in [0.15, 0.2) is 5.82 Å². The Bertz CT molecular complexity index is 844. The fourth-order valence-electron chi connectivity index (χ4n) is 2.66. The molecule has 0 spiro atoms. The van der Waals surface area contributed by atoms with Gasteiger partial charge in [-0.3, -0.25) is 4.79 Å². The first-order valence-electron chi connectivity index (χ1n) is 8.33. The normalized spacial score (nSPS) is 11.9. The highest BCUT2D eigenvalue weighted by Crippen LogP contribution is 2.11. The van der Waals surface area contributed by atoms with E-state index in [4.69, 9.17) is 0 Å². The van der Waals surface area contributed by atoms with E-state index in [0.717, 1.165) is 18.5 Å². The molecule has 25 heavy (non-hydrogen) atoms. The van der Waals surface area contributed by atoms with Crippen LogP contribution in [0.3, 0.4) is 0 Å². The first-order valence-corrected chi connectivity index (χ1v) is 8.33. The van der Waals surface area contributed by atoms with Crippen molar-refractivity contribution in [2.45, 2.75) is 32.7 Å². The minimum absolute atomic E-state index is 0.0890. The van der Waals surface area contributed by atoms with Gasteiger partial charge in [0.25, 0.3) is 5.91 Å².